The zero-order valence-electron chi connectivity index (χ0n) is 39.1. The zero-order valence-corrected chi connectivity index (χ0v) is 39.1. The average Bonchev–Trinajstić information content (AvgIpc) is 4.17. The second-order valence-electron chi connectivity index (χ2n) is 16.7. The molecule has 0 unspecified atom stereocenters. The zero-order chi connectivity index (χ0) is 48.2. The number of hydrogen-bond acceptors (Lipinski definition) is 7. The lowest BCUT2D eigenvalue weighted by Gasteiger charge is -2.13. The molecule has 0 spiro atoms. The van der Waals surface area contributed by atoms with Gasteiger partial charge in [0.15, 0.2) is 0 Å². The van der Waals surface area contributed by atoms with Gasteiger partial charge >= 0.3 is 0 Å². The highest BCUT2D eigenvalue weighted by Crippen LogP contribution is 2.36. The van der Waals surface area contributed by atoms with Crippen molar-refractivity contribution in [1.29, 1.82) is 0 Å². The molecule has 340 valence electrons. The van der Waals surface area contributed by atoms with Crippen LogP contribution in [-0.4, -0.2) is 54.0 Å². The largest absolute Gasteiger partial charge is 0.281 e. The number of benzene rings is 8. The van der Waals surface area contributed by atoms with Crippen molar-refractivity contribution in [3.63, 3.8) is 0 Å². The minimum absolute atomic E-state index is 0.119. The number of ketones is 1. The van der Waals surface area contributed by atoms with Crippen molar-refractivity contribution < 1.29 is 4.79 Å². The molecule has 11 nitrogen and oxygen atoms in total. The summed E-state index contributed by atoms with van der Waals surface area (Å²) in [6.45, 7) is 9.25. The fourth-order valence-electron chi connectivity index (χ4n) is 9.96. The van der Waals surface area contributed by atoms with E-state index < -0.39 is 5.78 Å². The first-order valence-electron chi connectivity index (χ1n) is 23.7. The molecule has 6 heterocycles. The normalized spacial score (nSPS) is 11.4. The molecule has 0 aliphatic heterocycles. The lowest BCUT2D eigenvalue weighted by atomic mass is 10.2. The monoisotopic (exact) mass is 920 g/mol. The Bertz CT molecular complexity index is 3650. The molecule has 0 saturated heterocycles. The topological polar surface area (TPSA) is 114 Å². The molecular weight excluding hydrogens is 877 g/mol. The maximum absolute atomic E-state index is 15.7. The van der Waals surface area contributed by atoms with E-state index in [2.05, 4.69) is 55.1 Å². The molecule has 0 N–H and O–H groups in total. The number of carbonyl (C=O) groups excluding carboxylic acids is 1. The molecule has 11 heteroatoms. The minimum Gasteiger partial charge on any atom is -0.281 e. The summed E-state index contributed by atoms with van der Waals surface area (Å²) in [6, 6.07) is 65.2. The smallest absolute Gasteiger partial charge is 0.267 e. The molecule has 0 atom stereocenters. The van der Waals surface area contributed by atoms with Gasteiger partial charge in [0, 0.05) is 43.1 Å². The van der Waals surface area contributed by atoms with E-state index in [4.69, 9.17) is 29.9 Å². The highest BCUT2D eigenvalue weighted by molar-refractivity contribution is 6.12. The van der Waals surface area contributed by atoms with Gasteiger partial charge in [0.2, 0.25) is 35.4 Å². The van der Waals surface area contributed by atoms with Crippen LogP contribution in [0.2, 0.25) is 0 Å². The van der Waals surface area contributed by atoms with Crippen molar-refractivity contribution in [2.45, 2.75) is 20.8 Å². The summed E-state index contributed by atoms with van der Waals surface area (Å²) in [5.74, 6) is 0.290. The van der Waals surface area contributed by atoms with E-state index in [9.17, 15) is 0 Å². The van der Waals surface area contributed by atoms with Crippen LogP contribution in [0.25, 0.3) is 111 Å². The molecule has 14 aromatic rings. The third-order valence-corrected chi connectivity index (χ3v) is 12.8. The van der Waals surface area contributed by atoms with Crippen molar-refractivity contribution in [2.24, 2.45) is 0 Å². The predicted molar refractivity (Wildman–Crippen MR) is 288 cm³/mol. The third-order valence-electron chi connectivity index (χ3n) is 12.8. The van der Waals surface area contributed by atoms with Crippen LogP contribution in [-0.2, 0) is 0 Å². The molecule has 0 aliphatic rings. The van der Waals surface area contributed by atoms with Gasteiger partial charge in [0.05, 0.1) is 44.1 Å². The van der Waals surface area contributed by atoms with Gasteiger partial charge in [0.1, 0.15) is 0 Å². The Balaban J connectivity index is 0.000000999. The predicted octanol–water partition coefficient (Wildman–Crippen LogP) is 13.9. The van der Waals surface area contributed by atoms with Crippen molar-refractivity contribution in [1.82, 2.24) is 48.2 Å². The van der Waals surface area contributed by atoms with Crippen molar-refractivity contribution in [3.8, 4) is 23.8 Å². The first-order valence-corrected chi connectivity index (χ1v) is 23.7. The van der Waals surface area contributed by atoms with E-state index in [1.54, 1.807) is 6.08 Å². The summed E-state index contributed by atoms with van der Waals surface area (Å²) < 4.78 is 8.00. The van der Waals surface area contributed by atoms with Gasteiger partial charge in [-0.05, 0) is 55.5 Å². The van der Waals surface area contributed by atoms with Gasteiger partial charge in [-0.1, -0.05) is 166 Å². The van der Waals surface area contributed by atoms with E-state index in [1.807, 2.05) is 185 Å². The number of aromatic nitrogens is 10. The summed E-state index contributed by atoms with van der Waals surface area (Å²) >= 11 is 0. The van der Waals surface area contributed by atoms with Crippen LogP contribution in [0.3, 0.4) is 0 Å². The van der Waals surface area contributed by atoms with Crippen LogP contribution < -0.4 is 0 Å². The van der Waals surface area contributed by atoms with E-state index in [1.165, 1.54) is 0 Å². The number of rotatable bonds is 6. The number of carbonyl (C=O) groups is 1. The lowest BCUT2D eigenvalue weighted by Crippen LogP contribution is -2.20. The molecule has 71 heavy (non-hydrogen) atoms. The van der Waals surface area contributed by atoms with Gasteiger partial charge in [0.25, 0.3) is 5.78 Å². The molecule has 8 aromatic carbocycles. The van der Waals surface area contributed by atoms with Crippen LogP contribution >= 0.6 is 0 Å². The summed E-state index contributed by atoms with van der Waals surface area (Å²) in [5.41, 5.74) is 7.10. The van der Waals surface area contributed by atoms with Crippen LogP contribution in [0.15, 0.2) is 207 Å². The first kappa shape index (κ1) is 42.7. The van der Waals surface area contributed by atoms with Crippen molar-refractivity contribution >= 4 is 93.0 Å². The number of para-hydroxylation sites is 8. The van der Waals surface area contributed by atoms with Gasteiger partial charge in [-0.3, -0.25) is 23.1 Å². The highest BCUT2D eigenvalue weighted by Gasteiger charge is 2.27. The summed E-state index contributed by atoms with van der Waals surface area (Å²) in [4.78, 5) is 46.5. The van der Waals surface area contributed by atoms with Gasteiger partial charge in [-0.15, -0.1) is 6.58 Å². The maximum atomic E-state index is 15.7. The van der Waals surface area contributed by atoms with Crippen LogP contribution in [0.4, 0.5) is 0 Å². The summed E-state index contributed by atoms with van der Waals surface area (Å²) in [5, 5.41) is 8.25. The average molecular weight is 921 g/mol. The summed E-state index contributed by atoms with van der Waals surface area (Å²) in [6.07, 6.45) is 1.75. The molecule has 0 fully saturated rings. The van der Waals surface area contributed by atoms with Crippen LogP contribution in [0.5, 0.6) is 0 Å². The Hall–Kier alpha value is -9.61. The van der Waals surface area contributed by atoms with Gasteiger partial charge in [-0.25, -0.2) is 0 Å². The molecule has 0 bridgehead atoms. The quantitative estimate of drug-likeness (QED) is 0.120. The Morgan fingerprint density at radius 2 is 0.479 bits per heavy atom. The summed E-state index contributed by atoms with van der Waals surface area (Å²) in [7, 11) is 0. The maximum Gasteiger partial charge on any atom is 0.267 e. The molecule has 14 rings (SSSR count). The van der Waals surface area contributed by atoms with Gasteiger partial charge < -0.3 is 0 Å². The SMILES string of the molecule is C=CC.CC.O=C(c1nc(-n2c3ccccc3c3ccccc32)nc(-n2c3ccccc3c3ccccc32)n1)c1nc(-n2c3ccccc3c3ccccc32)nc(-n2c3ccccc3c3ccccc32)n1. The van der Waals surface area contributed by atoms with E-state index in [0.29, 0.717) is 0 Å². The number of fused-ring (bicyclic) bond motifs is 12. The number of nitrogens with zero attached hydrogens (tertiary/aromatic N) is 10. The molecule has 0 saturated carbocycles. The Morgan fingerprint density at radius 1 is 0.324 bits per heavy atom. The number of hydrogen-bond donors (Lipinski definition) is 0. The molecule has 0 radical (unpaired) electrons. The minimum atomic E-state index is -0.590. The standard InChI is InChI=1S/C55H32N10O.C3H6.C2H6/c66-49(50-56-52(62-41-25-9-1-17-33(41)34-18-2-10-26-42(34)62)60-53(57-50)63-43-27-11-3-19-35(43)36-20-4-12-28-44(36)63)51-58-54(64-45-29-13-5-21-37(45)38-22-6-14-30-46(38)64)61-55(59-51)65-47-31-15-7-23-39(47)40-24-8-16-32-48(40)65;1-3-2;1-2/h1-32H;3H,1H2,2H3;1-2H3. The van der Waals surface area contributed by atoms with Crippen LogP contribution in [0, 0.1) is 0 Å². The lowest BCUT2D eigenvalue weighted by molar-refractivity contribution is 0.101. The van der Waals surface area contributed by atoms with E-state index >= 15 is 4.79 Å². The Kier molecular flexibility index (Phi) is 10.5. The van der Waals surface area contributed by atoms with E-state index in [0.717, 1.165) is 87.2 Å². The van der Waals surface area contributed by atoms with Crippen molar-refractivity contribution in [2.75, 3.05) is 0 Å². The first-order chi connectivity index (χ1) is 35.1. The second kappa shape index (κ2) is 17.5. The Morgan fingerprint density at radius 3 is 0.648 bits per heavy atom. The Labute approximate surface area is 407 Å². The number of allylic oxidation sites excluding steroid dienone is 1. The molecule has 6 aromatic heterocycles. The fraction of sp³-hybridized carbons (Fsp3) is 0.0500. The molecule has 0 aliphatic carbocycles. The highest BCUT2D eigenvalue weighted by atomic mass is 16.1. The van der Waals surface area contributed by atoms with E-state index in [-0.39, 0.29) is 35.4 Å². The van der Waals surface area contributed by atoms with Crippen LogP contribution in [0.1, 0.15) is 37.2 Å². The third kappa shape index (κ3) is 6.77. The van der Waals surface area contributed by atoms with Gasteiger partial charge in [-0.2, -0.15) is 29.9 Å². The fourth-order valence-corrected chi connectivity index (χ4v) is 9.96. The molecule has 0 amide bonds. The molecular formula is C60H44N10O. The second-order valence-corrected chi connectivity index (χ2v) is 16.7. The van der Waals surface area contributed by atoms with Crippen molar-refractivity contribution in [3.05, 3.63) is 218 Å².